The van der Waals surface area contributed by atoms with Gasteiger partial charge in [-0.05, 0) is 5.92 Å². The third-order valence-corrected chi connectivity index (χ3v) is 3.80. The molecule has 0 aromatic rings. The van der Waals surface area contributed by atoms with Crippen LogP contribution >= 0.6 is 22.6 Å². The van der Waals surface area contributed by atoms with Crippen LogP contribution in [0, 0.1) is 5.92 Å². The Bertz CT molecular complexity index is 218. The maximum absolute atomic E-state index is 5.90. The van der Waals surface area contributed by atoms with Gasteiger partial charge in [0.1, 0.15) is 12.2 Å². The van der Waals surface area contributed by atoms with E-state index in [0.717, 1.165) is 10.8 Å². The Morgan fingerprint density at radius 3 is 2.44 bits per heavy atom. The van der Waals surface area contributed by atoms with Gasteiger partial charge in [0, 0.05) is 18.0 Å². The lowest BCUT2D eigenvalue weighted by Crippen LogP contribution is -2.30. The highest BCUT2D eigenvalue weighted by Gasteiger charge is 2.52. The summed E-state index contributed by atoms with van der Waals surface area (Å²) in [5, 5.41) is 0. The van der Waals surface area contributed by atoms with E-state index < -0.39 is 0 Å². The van der Waals surface area contributed by atoms with Crippen molar-refractivity contribution < 1.29 is 18.9 Å². The van der Waals surface area contributed by atoms with Gasteiger partial charge in [-0.3, -0.25) is 0 Å². The zero-order valence-corrected chi connectivity index (χ0v) is 12.0. The second-order valence-electron chi connectivity index (χ2n) is 4.69. The fourth-order valence-corrected chi connectivity index (χ4v) is 2.90. The number of methoxy groups -OCH3 is 1. The summed E-state index contributed by atoms with van der Waals surface area (Å²) in [7, 11) is 1.65. The number of alkyl halides is 1. The molecule has 0 aliphatic carbocycles. The number of rotatable bonds is 4. The minimum Gasteiger partial charge on any atom is -0.353 e. The molecule has 2 heterocycles. The van der Waals surface area contributed by atoms with Gasteiger partial charge in [0.15, 0.2) is 12.6 Å². The van der Waals surface area contributed by atoms with E-state index in [0.29, 0.717) is 5.92 Å². The molecule has 0 saturated carbocycles. The molecule has 4 nitrogen and oxygen atoms in total. The maximum Gasteiger partial charge on any atom is 0.186 e. The molecule has 0 N–H and O–H groups in total. The summed E-state index contributed by atoms with van der Waals surface area (Å²) in [5.41, 5.74) is 0. The molecular formula is C11H19IO4. The van der Waals surface area contributed by atoms with Gasteiger partial charge < -0.3 is 18.9 Å². The Balaban J connectivity index is 1.97. The quantitative estimate of drug-likeness (QED) is 0.578. The second-order valence-corrected chi connectivity index (χ2v) is 5.57. The molecule has 0 aromatic carbocycles. The molecule has 0 unspecified atom stereocenters. The minimum absolute atomic E-state index is 0.0330. The smallest absolute Gasteiger partial charge is 0.186 e. The van der Waals surface area contributed by atoms with Gasteiger partial charge in [0.2, 0.25) is 0 Å². The summed E-state index contributed by atoms with van der Waals surface area (Å²) in [6, 6.07) is 0. The van der Waals surface area contributed by atoms with E-state index in [4.69, 9.17) is 18.9 Å². The van der Waals surface area contributed by atoms with E-state index in [9.17, 15) is 0 Å². The van der Waals surface area contributed by atoms with Crippen LogP contribution in [-0.4, -0.2) is 42.4 Å². The molecule has 0 amide bonds. The molecule has 2 saturated heterocycles. The molecule has 0 radical (unpaired) electrons. The van der Waals surface area contributed by atoms with Crippen LogP contribution in [0.25, 0.3) is 0 Å². The van der Waals surface area contributed by atoms with E-state index in [1.807, 2.05) is 0 Å². The van der Waals surface area contributed by atoms with E-state index >= 15 is 0 Å². The average Bonchev–Trinajstić information content (AvgIpc) is 2.74. The number of fused-ring (bicyclic) bond motifs is 1. The van der Waals surface area contributed by atoms with Crippen LogP contribution in [0.2, 0.25) is 0 Å². The summed E-state index contributed by atoms with van der Waals surface area (Å²) < 4.78 is 23.6. The Morgan fingerprint density at radius 2 is 1.88 bits per heavy atom. The first kappa shape index (κ1) is 13.0. The van der Waals surface area contributed by atoms with Crippen LogP contribution in [0.5, 0.6) is 0 Å². The van der Waals surface area contributed by atoms with Crippen molar-refractivity contribution in [1.82, 2.24) is 0 Å². The van der Waals surface area contributed by atoms with E-state index in [1.54, 1.807) is 7.11 Å². The maximum atomic E-state index is 5.90. The van der Waals surface area contributed by atoms with E-state index in [2.05, 4.69) is 36.4 Å². The van der Waals surface area contributed by atoms with Crippen molar-refractivity contribution in [3.05, 3.63) is 0 Å². The molecule has 0 aromatic heterocycles. The molecule has 5 atom stereocenters. The topological polar surface area (TPSA) is 36.9 Å². The van der Waals surface area contributed by atoms with E-state index in [1.165, 1.54) is 0 Å². The summed E-state index contributed by atoms with van der Waals surface area (Å²) in [5.74, 6) is 0.573. The minimum atomic E-state index is -0.276. The monoisotopic (exact) mass is 342 g/mol. The number of ether oxygens (including phenoxy) is 4. The Morgan fingerprint density at radius 1 is 1.19 bits per heavy atom. The average molecular weight is 342 g/mol. The standard InChI is InChI=1S/C11H19IO4/c1-6(2)4-8-15-9-7(5-12)14-11(13-3)10(9)16-8/h6-11H,4-5H2,1-3H3/t7-,8-,9-,10-,11-/m1/s1. The van der Waals surface area contributed by atoms with Crippen molar-refractivity contribution >= 4 is 22.6 Å². The summed E-state index contributed by atoms with van der Waals surface area (Å²) in [6.07, 6.45) is 0.618. The van der Waals surface area contributed by atoms with Gasteiger partial charge in [-0.25, -0.2) is 0 Å². The normalized spacial score (nSPS) is 42.9. The Hall–Kier alpha value is 0.570. The third-order valence-electron chi connectivity index (χ3n) is 2.93. The molecule has 2 rings (SSSR count). The number of hydrogen-bond acceptors (Lipinski definition) is 4. The SMILES string of the molecule is CO[C@@H]1O[C@H](CI)[C@H]2O[C@@H](CC(C)C)O[C@@H]12. The number of hydrogen-bond donors (Lipinski definition) is 0. The van der Waals surface area contributed by atoms with Crippen LogP contribution in [-0.2, 0) is 18.9 Å². The lowest BCUT2D eigenvalue weighted by molar-refractivity contribution is -0.193. The third kappa shape index (κ3) is 2.53. The lowest BCUT2D eigenvalue weighted by atomic mass is 10.1. The highest BCUT2D eigenvalue weighted by atomic mass is 127. The van der Waals surface area contributed by atoms with Crippen LogP contribution in [0.3, 0.4) is 0 Å². The Kier molecular flexibility index (Phi) is 4.45. The largest absolute Gasteiger partial charge is 0.353 e. The van der Waals surface area contributed by atoms with Gasteiger partial charge in [-0.1, -0.05) is 36.4 Å². The molecule has 0 spiro atoms. The van der Waals surface area contributed by atoms with Gasteiger partial charge in [0.25, 0.3) is 0 Å². The lowest BCUT2D eigenvalue weighted by Gasteiger charge is -2.19. The van der Waals surface area contributed by atoms with Crippen LogP contribution in [0.15, 0.2) is 0 Å². The van der Waals surface area contributed by atoms with Gasteiger partial charge in [0.05, 0.1) is 6.10 Å². The first-order valence-corrected chi connectivity index (χ1v) is 7.23. The van der Waals surface area contributed by atoms with Crippen LogP contribution in [0.4, 0.5) is 0 Å². The van der Waals surface area contributed by atoms with Crippen molar-refractivity contribution in [3.8, 4) is 0 Å². The van der Waals surface area contributed by atoms with Crippen LogP contribution in [0.1, 0.15) is 20.3 Å². The molecule has 16 heavy (non-hydrogen) atoms. The first-order chi connectivity index (χ1) is 7.65. The first-order valence-electron chi connectivity index (χ1n) is 5.70. The zero-order valence-electron chi connectivity index (χ0n) is 9.89. The predicted octanol–water partition coefficient (Wildman–Crippen LogP) is 1.95. The summed E-state index contributed by atoms with van der Waals surface area (Å²) in [4.78, 5) is 0. The zero-order chi connectivity index (χ0) is 11.7. The summed E-state index contributed by atoms with van der Waals surface area (Å²) in [6.45, 7) is 4.34. The molecule has 2 aliphatic heterocycles. The van der Waals surface area contributed by atoms with Crippen molar-refractivity contribution in [2.45, 2.75) is 51.2 Å². The molecule has 5 heteroatoms. The molecule has 94 valence electrons. The predicted molar refractivity (Wildman–Crippen MR) is 67.5 cm³/mol. The van der Waals surface area contributed by atoms with Gasteiger partial charge >= 0.3 is 0 Å². The van der Waals surface area contributed by atoms with Gasteiger partial charge in [-0.15, -0.1) is 0 Å². The Labute approximate surface area is 110 Å². The number of halogens is 1. The highest BCUT2D eigenvalue weighted by molar-refractivity contribution is 14.1. The summed E-state index contributed by atoms with van der Waals surface area (Å²) >= 11 is 2.31. The van der Waals surface area contributed by atoms with Crippen molar-refractivity contribution in [2.24, 2.45) is 5.92 Å². The molecular weight excluding hydrogens is 323 g/mol. The second kappa shape index (κ2) is 5.48. The van der Waals surface area contributed by atoms with E-state index in [-0.39, 0.29) is 30.9 Å². The van der Waals surface area contributed by atoms with Crippen molar-refractivity contribution in [1.29, 1.82) is 0 Å². The van der Waals surface area contributed by atoms with Crippen LogP contribution < -0.4 is 0 Å². The van der Waals surface area contributed by atoms with Gasteiger partial charge in [-0.2, -0.15) is 0 Å². The van der Waals surface area contributed by atoms with Crippen molar-refractivity contribution in [2.75, 3.05) is 11.5 Å². The van der Waals surface area contributed by atoms with Crippen molar-refractivity contribution in [3.63, 3.8) is 0 Å². The fourth-order valence-electron chi connectivity index (χ4n) is 2.19. The molecule has 0 bridgehead atoms. The molecule has 2 fully saturated rings. The molecule has 2 aliphatic rings. The highest BCUT2D eigenvalue weighted by Crippen LogP contribution is 2.36. The fraction of sp³-hybridized carbons (Fsp3) is 1.00.